The minimum Gasteiger partial charge on any atom is -0.495 e. The van der Waals surface area contributed by atoms with Crippen molar-refractivity contribution >= 4 is 11.2 Å². The van der Waals surface area contributed by atoms with E-state index in [0.717, 1.165) is 16.7 Å². The van der Waals surface area contributed by atoms with Gasteiger partial charge in [-0.1, -0.05) is 18.2 Å². The van der Waals surface area contributed by atoms with Gasteiger partial charge in [0.25, 0.3) is 5.56 Å². The largest absolute Gasteiger partial charge is 0.495 e. The van der Waals surface area contributed by atoms with Gasteiger partial charge >= 0.3 is 5.69 Å². The van der Waals surface area contributed by atoms with Gasteiger partial charge < -0.3 is 9.30 Å². The molecule has 0 radical (unpaired) electrons. The van der Waals surface area contributed by atoms with Gasteiger partial charge in [0.05, 0.1) is 25.7 Å². The number of imidazole rings is 1. The van der Waals surface area contributed by atoms with Crippen LogP contribution < -0.4 is 16.0 Å². The third-order valence-electron chi connectivity index (χ3n) is 5.05. The van der Waals surface area contributed by atoms with Crippen LogP contribution in [0.25, 0.3) is 16.9 Å². The van der Waals surface area contributed by atoms with Gasteiger partial charge in [-0.2, -0.15) is 0 Å². The van der Waals surface area contributed by atoms with Crippen molar-refractivity contribution in [2.45, 2.75) is 26.4 Å². The van der Waals surface area contributed by atoms with Gasteiger partial charge in [-0.05, 0) is 32.0 Å². The summed E-state index contributed by atoms with van der Waals surface area (Å²) in [7, 11) is 1.48. The van der Waals surface area contributed by atoms with E-state index in [1.807, 2.05) is 0 Å². The molecule has 2 aromatic carbocycles. The number of rotatable bonds is 5. The molecule has 0 amide bonds. The van der Waals surface area contributed by atoms with Crippen LogP contribution in [-0.2, 0) is 6.54 Å². The summed E-state index contributed by atoms with van der Waals surface area (Å²) in [6, 6.07) is 9.70. The van der Waals surface area contributed by atoms with E-state index >= 15 is 0 Å². The molecule has 0 aliphatic heterocycles. The fourth-order valence-corrected chi connectivity index (χ4v) is 3.59. The highest BCUT2D eigenvalue weighted by Gasteiger charge is 2.22. The lowest BCUT2D eigenvalue weighted by molar-refractivity contribution is 0.412. The van der Waals surface area contributed by atoms with Crippen molar-refractivity contribution in [2.24, 2.45) is 0 Å². The zero-order valence-corrected chi connectivity index (χ0v) is 17.2. The molecular weight excluding hydrogens is 406 g/mol. The van der Waals surface area contributed by atoms with Crippen LogP contribution in [0.15, 0.2) is 58.4 Å². The number of ether oxygens (including phenoxy) is 1. The van der Waals surface area contributed by atoms with E-state index in [1.165, 1.54) is 28.6 Å². The summed E-state index contributed by atoms with van der Waals surface area (Å²) >= 11 is 0. The quantitative estimate of drug-likeness (QED) is 0.491. The molecule has 31 heavy (non-hydrogen) atoms. The SMILES string of the molecule is COc1ccccc1-n1c(=O)n(C(C)C)c(=O)c2c1ncn2Cc1ccc(F)cc1F. The second kappa shape index (κ2) is 7.82. The fraction of sp³-hybridized carbons (Fsp3) is 0.227. The van der Waals surface area contributed by atoms with Crippen molar-refractivity contribution in [1.82, 2.24) is 18.7 Å². The molecule has 9 heteroatoms. The lowest BCUT2D eigenvalue weighted by atomic mass is 10.2. The van der Waals surface area contributed by atoms with Crippen LogP contribution in [0.4, 0.5) is 8.78 Å². The van der Waals surface area contributed by atoms with E-state index in [0.29, 0.717) is 11.4 Å². The first-order valence-electron chi connectivity index (χ1n) is 9.63. The molecule has 0 fully saturated rings. The number of halogens is 2. The molecule has 2 aromatic heterocycles. The minimum absolute atomic E-state index is 0.0555. The molecule has 0 saturated heterocycles. The standard InChI is InChI=1S/C22H20F2N4O3/c1-13(2)27-21(29)19-20(28(22(27)30)17-6-4-5-7-18(17)31-3)25-12-26(19)11-14-8-9-15(23)10-16(14)24/h4-10,12-13H,11H2,1-3H3. The van der Waals surface area contributed by atoms with Crippen molar-refractivity contribution in [3.63, 3.8) is 0 Å². The Bertz CT molecular complexity index is 1400. The molecule has 7 nitrogen and oxygen atoms in total. The van der Waals surface area contributed by atoms with E-state index in [4.69, 9.17) is 4.74 Å². The number of methoxy groups -OCH3 is 1. The number of hydrogen-bond acceptors (Lipinski definition) is 4. The number of fused-ring (bicyclic) bond motifs is 1. The maximum atomic E-state index is 14.2. The zero-order chi connectivity index (χ0) is 22.3. The Kier molecular flexibility index (Phi) is 5.18. The summed E-state index contributed by atoms with van der Waals surface area (Å²) in [5, 5.41) is 0. The van der Waals surface area contributed by atoms with Gasteiger partial charge in [-0.15, -0.1) is 0 Å². The highest BCUT2D eigenvalue weighted by Crippen LogP contribution is 2.24. The van der Waals surface area contributed by atoms with Crippen LogP contribution in [0.2, 0.25) is 0 Å². The first kappa shape index (κ1) is 20.5. The van der Waals surface area contributed by atoms with E-state index < -0.39 is 28.9 Å². The molecule has 2 heterocycles. The Morgan fingerprint density at radius 2 is 1.84 bits per heavy atom. The summed E-state index contributed by atoms with van der Waals surface area (Å²) in [4.78, 5) is 30.8. The highest BCUT2D eigenvalue weighted by atomic mass is 19.1. The molecule has 0 aliphatic rings. The topological polar surface area (TPSA) is 71.1 Å². The van der Waals surface area contributed by atoms with Gasteiger partial charge in [-0.3, -0.25) is 9.36 Å². The Hall–Kier alpha value is -3.75. The zero-order valence-electron chi connectivity index (χ0n) is 17.2. The van der Waals surface area contributed by atoms with Crippen LogP contribution in [0, 0.1) is 11.6 Å². The van der Waals surface area contributed by atoms with Crippen molar-refractivity contribution in [1.29, 1.82) is 0 Å². The molecule has 0 bridgehead atoms. The first-order chi connectivity index (χ1) is 14.8. The smallest absolute Gasteiger partial charge is 0.337 e. The summed E-state index contributed by atoms with van der Waals surface area (Å²) in [5.74, 6) is -0.994. The van der Waals surface area contributed by atoms with E-state index in [9.17, 15) is 18.4 Å². The predicted molar refractivity (Wildman–Crippen MR) is 112 cm³/mol. The molecule has 0 unspecified atom stereocenters. The number of para-hydroxylation sites is 2. The Balaban J connectivity index is 2.04. The molecule has 0 spiro atoms. The van der Waals surface area contributed by atoms with Gasteiger partial charge in [0, 0.05) is 17.7 Å². The number of benzene rings is 2. The second-order valence-corrected chi connectivity index (χ2v) is 7.34. The Labute approximate surface area is 175 Å². The summed E-state index contributed by atoms with van der Waals surface area (Å²) in [6.45, 7) is 3.39. The normalized spacial score (nSPS) is 11.4. The lowest BCUT2D eigenvalue weighted by Gasteiger charge is -2.16. The van der Waals surface area contributed by atoms with Crippen LogP contribution in [0.3, 0.4) is 0 Å². The molecule has 0 aliphatic carbocycles. The van der Waals surface area contributed by atoms with E-state index in [2.05, 4.69) is 4.98 Å². The van der Waals surface area contributed by atoms with Gasteiger partial charge in [-0.25, -0.2) is 23.1 Å². The van der Waals surface area contributed by atoms with Crippen LogP contribution in [0.1, 0.15) is 25.5 Å². The summed E-state index contributed by atoms with van der Waals surface area (Å²) in [6.07, 6.45) is 1.37. The van der Waals surface area contributed by atoms with Gasteiger partial charge in [0.1, 0.15) is 17.4 Å². The number of hydrogen-bond donors (Lipinski definition) is 0. The van der Waals surface area contributed by atoms with E-state index in [-0.39, 0.29) is 23.3 Å². The van der Waals surface area contributed by atoms with Crippen molar-refractivity contribution in [3.8, 4) is 11.4 Å². The Morgan fingerprint density at radius 3 is 2.52 bits per heavy atom. The first-order valence-corrected chi connectivity index (χ1v) is 9.63. The molecule has 160 valence electrons. The number of aromatic nitrogens is 4. The molecule has 0 saturated carbocycles. The fourth-order valence-electron chi connectivity index (χ4n) is 3.59. The van der Waals surface area contributed by atoms with Gasteiger partial charge in [0.2, 0.25) is 0 Å². The third kappa shape index (κ3) is 3.41. The average molecular weight is 426 g/mol. The van der Waals surface area contributed by atoms with E-state index in [1.54, 1.807) is 38.1 Å². The summed E-state index contributed by atoms with van der Waals surface area (Å²) < 4.78 is 36.8. The predicted octanol–water partition coefficient (Wildman–Crippen LogP) is 3.26. The second-order valence-electron chi connectivity index (χ2n) is 7.34. The van der Waals surface area contributed by atoms with Crippen LogP contribution in [-0.4, -0.2) is 25.8 Å². The number of nitrogens with zero attached hydrogens (tertiary/aromatic N) is 4. The maximum Gasteiger partial charge on any atom is 0.337 e. The van der Waals surface area contributed by atoms with Crippen LogP contribution in [0.5, 0.6) is 5.75 Å². The third-order valence-corrected chi connectivity index (χ3v) is 5.05. The molecule has 4 rings (SSSR count). The molecule has 0 atom stereocenters. The molecule has 4 aromatic rings. The highest BCUT2D eigenvalue weighted by molar-refractivity contribution is 5.73. The molecular formula is C22H20F2N4O3. The van der Waals surface area contributed by atoms with Crippen molar-refractivity contribution < 1.29 is 13.5 Å². The minimum atomic E-state index is -0.732. The monoisotopic (exact) mass is 426 g/mol. The van der Waals surface area contributed by atoms with Crippen LogP contribution >= 0.6 is 0 Å². The average Bonchev–Trinajstić information content (AvgIpc) is 3.14. The van der Waals surface area contributed by atoms with Crippen molar-refractivity contribution in [3.05, 3.63) is 86.8 Å². The maximum absolute atomic E-state index is 14.2. The molecule has 0 N–H and O–H groups in total. The summed E-state index contributed by atoms with van der Waals surface area (Å²) in [5.41, 5.74) is -0.239. The Morgan fingerprint density at radius 1 is 1.10 bits per heavy atom. The van der Waals surface area contributed by atoms with Crippen molar-refractivity contribution in [2.75, 3.05) is 7.11 Å². The lowest BCUT2D eigenvalue weighted by Crippen LogP contribution is -2.41. The van der Waals surface area contributed by atoms with Gasteiger partial charge in [0.15, 0.2) is 11.2 Å².